The van der Waals surface area contributed by atoms with Gasteiger partial charge in [0.1, 0.15) is 11.6 Å². The molecule has 0 aromatic heterocycles. The predicted molar refractivity (Wildman–Crippen MR) is 72.3 cm³/mol. The Morgan fingerprint density at radius 3 is 2.50 bits per heavy atom. The fourth-order valence-corrected chi connectivity index (χ4v) is 2.53. The van der Waals surface area contributed by atoms with Crippen LogP contribution in [0.25, 0.3) is 0 Å². The summed E-state index contributed by atoms with van der Waals surface area (Å²) in [4.78, 5) is 11.3. The van der Waals surface area contributed by atoms with Crippen LogP contribution in [0.1, 0.15) is 24.8 Å². The van der Waals surface area contributed by atoms with Gasteiger partial charge in [-0.3, -0.25) is 4.79 Å². The van der Waals surface area contributed by atoms with E-state index in [2.05, 4.69) is 17.4 Å². The number of amides is 1. The molecular formula is C14H18ClNO2. The SMILES string of the molecule is COc1ccc(C2(CNC(=O)CCl)CCC2)cc1. The van der Waals surface area contributed by atoms with Crippen LogP contribution in [0.4, 0.5) is 0 Å². The fourth-order valence-electron chi connectivity index (χ4n) is 2.43. The van der Waals surface area contributed by atoms with Gasteiger partial charge >= 0.3 is 0 Å². The highest BCUT2D eigenvalue weighted by Gasteiger charge is 2.38. The average Bonchev–Trinajstić information content (AvgIpc) is 2.38. The lowest BCUT2D eigenvalue weighted by Crippen LogP contribution is -2.45. The number of nitrogens with one attached hydrogen (secondary N) is 1. The van der Waals surface area contributed by atoms with E-state index in [4.69, 9.17) is 16.3 Å². The van der Waals surface area contributed by atoms with Gasteiger partial charge in [0.25, 0.3) is 0 Å². The second-order valence-corrected chi connectivity index (χ2v) is 5.04. The third-order valence-corrected chi connectivity index (χ3v) is 4.00. The second kappa shape index (κ2) is 5.61. The van der Waals surface area contributed by atoms with Gasteiger partial charge in [0.15, 0.2) is 0 Å². The molecule has 18 heavy (non-hydrogen) atoms. The van der Waals surface area contributed by atoms with E-state index in [0.717, 1.165) is 18.6 Å². The van der Waals surface area contributed by atoms with Crippen molar-refractivity contribution in [1.82, 2.24) is 5.32 Å². The molecule has 0 spiro atoms. The standard InChI is InChI=1S/C14H18ClNO2/c1-18-12-5-3-11(4-6-12)14(7-2-8-14)10-16-13(17)9-15/h3-6H,2,7-10H2,1H3,(H,16,17). The van der Waals surface area contributed by atoms with Crippen LogP contribution in [-0.2, 0) is 10.2 Å². The molecule has 1 N–H and O–H groups in total. The van der Waals surface area contributed by atoms with E-state index in [1.807, 2.05) is 12.1 Å². The zero-order chi connectivity index (χ0) is 13.0. The fraction of sp³-hybridized carbons (Fsp3) is 0.500. The number of halogens is 1. The number of hydrogen-bond acceptors (Lipinski definition) is 2. The lowest BCUT2D eigenvalue weighted by molar-refractivity contribution is -0.119. The van der Waals surface area contributed by atoms with Crippen LogP contribution in [0.15, 0.2) is 24.3 Å². The lowest BCUT2D eigenvalue weighted by Gasteiger charge is -2.42. The number of methoxy groups -OCH3 is 1. The molecule has 3 nitrogen and oxygen atoms in total. The summed E-state index contributed by atoms with van der Waals surface area (Å²) in [6.45, 7) is 0.672. The van der Waals surface area contributed by atoms with Crippen LogP contribution in [0.5, 0.6) is 5.75 Å². The van der Waals surface area contributed by atoms with E-state index in [-0.39, 0.29) is 17.2 Å². The number of ether oxygens (including phenoxy) is 1. The Labute approximate surface area is 112 Å². The molecule has 1 aliphatic carbocycles. The molecule has 1 aromatic rings. The molecule has 0 unspecified atom stereocenters. The average molecular weight is 268 g/mol. The second-order valence-electron chi connectivity index (χ2n) is 4.77. The van der Waals surface area contributed by atoms with Gasteiger partial charge in [-0.25, -0.2) is 0 Å². The van der Waals surface area contributed by atoms with E-state index in [1.165, 1.54) is 12.0 Å². The topological polar surface area (TPSA) is 38.3 Å². The Morgan fingerprint density at radius 2 is 2.06 bits per heavy atom. The van der Waals surface area contributed by atoms with Crippen molar-refractivity contribution in [3.8, 4) is 5.75 Å². The molecule has 1 aliphatic rings. The van der Waals surface area contributed by atoms with Gasteiger partial charge < -0.3 is 10.1 Å². The highest BCUT2D eigenvalue weighted by molar-refractivity contribution is 6.27. The van der Waals surface area contributed by atoms with Crippen LogP contribution in [0.2, 0.25) is 0 Å². The van der Waals surface area contributed by atoms with Gasteiger partial charge in [0, 0.05) is 12.0 Å². The maximum atomic E-state index is 11.3. The number of alkyl halides is 1. The summed E-state index contributed by atoms with van der Waals surface area (Å²) >= 11 is 5.50. The van der Waals surface area contributed by atoms with E-state index in [9.17, 15) is 4.79 Å². The monoisotopic (exact) mass is 267 g/mol. The summed E-state index contributed by atoms with van der Waals surface area (Å²) in [6, 6.07) is 8.12. The number of hydrogen-bond donors (Lipinski definition) is 1. The first kappa shape index (κ1) is 13.2. The Kier molecular flexibility index (Phi) is 4.12. The maximum Gasteiger partial charge on any atom is 0.234 e. The lowest BCUT2D eigenvalue weighted by atomic mass is 9.64. The molecular weight excluding hydrogens is 250 g/mol. The first-order valence-corrected chi connectivity index (χ1v) is 6.71. The summed E-state index contributed by atoms with van der Waals surface area (Å²) in [7, 11) is 1.66. The van der Waals surface area contributed by atoms with Gasteiger partial charge in [-0.15, -0.1) is 11.6 Å². The minimum atomic E-state index is -0.101. The third-order valence-electron chi connectivity index (χ3n) is 3.76. The van der Waals surface area contributed by atoms with Crippen LogP contribution >= 0.6 is 11.6 Å². The zero-order valence-corrected chi connectivity index (χ0v) is 11.3. The molecule has 0 atom stereocenters. The molecule has 0 radical (unpaired) electrons. The van der Waals surface area contributed by atoms with E-state index in [0.29, 0.717) is 6.54 Å². The van der Waals surface area contributed by atoms with Crippen LogP contribution < -0.4 is 10.1 Å². The van der Waals surface area contributed by atoms with Crippen LogP contribution in [0, 0.1) is 0 Å². The molecule has 1 aromatic carbocycles. The molecule has 4 heteroatoms. The summed E-state index contributed by atoms with van der Waals surface area (Å²) in [6.07, 6.45) is 3.44. The van der Waals surface area contributed by atoms with Crippen molar-refractivity contribution in [3.05, 3.63) is 29.8 Å². The molecule has 1 amide bonds. The van der Waals surface area contributed by atoms with Crippen molar-refractivity contribution in [1.29, 1.82) is 0 Å². The minimum Gasteiger partial charge on any atom is -0.497 e. The molecule has 0 heterocycles. The summed E-state index contributed by atoms with van der Waals surface area (Å²) in [5.41, 5.74) is 1.36. The molecule has 1 fully saturated rings. The molecule has 0 saturated heterocycles. The smallest absolute Gasteiger partial charge is 0.234 e. The van der Waals surface area contributed by atoms with Crippen molar-refractivity contribution < 1.29 is 9.53 Å². The summed E-state index contributed by atoms with van der Waals surface area (Å²) < 4.78 is 5.16. The normalized spacial score (nSPS) is 16.8. The first-order chi connectivity index (χ1) is 8.70. The van der Waals surface area contributed by atoms with Crippen molar-refractivity contribution in [3.63, 3.8) is 0 Å². The van der Waals surface area contributed by atoms with Gasteiger partial charge in [-0.1, -0.05) is 18.6 Å². The van der Waals surface area contributed by atoms with Crippen molar-refractivity contribution >= 4 is 17.5 Å². The Balaban J connectivity index is 2.08. The van der Waals surface area contributed by atoms with Gasteiger partial charge in [0.05, 0.1) is 7.11 Å². The van der Waals surface area contributed by atoms with Crippen molar-refractivity contribution in [2.24, 2.45) is 0 Å². The van der Waals surface area contributed by atoms with E-state index >= 15 is 0 Å². The molecule has 0 aliphatic heterocycles. The van der Waals surface area contributed by atoms with Crippen molar-refractivity contribution in [2.75, 3.05) is 19.5 Å². The molecule has 2 rings (SSSR count). The first-order valence-electron chi connectivity index (χ1n) is 6.17. The minimum absolute atomic E-state index is 0.0265. The highest BCUT2D eigenvalue weighted by Crippen LogP contribution is 2.43. The number of carbonyl (C=O) groups excluding carboxylic acids is 1. The van der Waals surface area contributed by atoms with E-state index in [1.54, 1.807) is 7.11 Å². The number of rotatable bonds is 5. The molecule has 98 valence electrons. The van der Waals surface area contributed by atoms with Crippen LogP contribution in [-0.4, -0.2) is 25.4 Å². The largest absolute Gasteiger partial charge is 0.497 e. The van der Waals surface area contributed by atoms with Gasteiger partial charge in [-0.05, 0) is 30.5 Å². The van der Waals surface area contributed by atoms with Gasteiger partial charge in [0.2, 0.25) is 5.91 Å². The van der Waals surface area contributed by atoms with Gasteiger partial charge in [-0.2, -0.15) is 0 Å². The highest BCUT2D eigenvalue weighted by atomic mass is 35.5. The number of benzene rings is 1. The summed E-state index contributed by atoms with van der Waals surface area (Å²) in [5, 5.41) is 2.90. The van der Waals surface area contributed by atoms with E-state index < -0.39 is 0 Å². The number of carbonyl (C=O) groups is 1. The third kappa shape index (κ3) is 2.61. The quantitative estimate of drug-likeness (QED) is 0.833. The Hall–Kier alpha value is -1.22. The molecule has 0 bridgehead atoms. The summed E-state index contributed by atoms with van der Waals surface area (Å²) in [5.74, 6) is 0.785. The predicted octanol–water partition coefficient (Wildman–Crippen LogP) is 2.47. The van der Waals surface area contributed by atoms with Crippen molar-refractivity contribution in [2.45, 2.75) is 24.7 Å². The maximum absolute atomic E-state index is 11.3. The zero-order valence-electron chi connectivity index (χ0n) is 10.5. The van der Waals surface area contributed by atoms with Crippen LogP contribution in [0.3, 0.4) is 0 Å². The Bertz CT molecular complexity index is 412. The molecule has 1 saturated carbocycles. The Morgan fingerprint density at radius 1 is 1.39 bits per heavy atom.